The van der Waals surface area contributed by atoms with Crippen LogP contribution in [0.2, 0.25) is 0 Å². The van der Waals surface area contributed by atoms with Gasteiger partial charge < -0.3 is 5.11 Å². The highest BCUT2D eigenvalue weighted by Crippen LogP contribution is 2.34. The summed E-state index contributed by atoms with van der Waals surface area (Å²) in [5.74, 6) is -2.17. The van der Waals surface area contributed by atoms with Gasteiger partial charge in [0.1, 0.15) is 5.03 Å². The molecule has 0 bridgehead atoms. The number of rotatable bonds is 3. The van der Waals surface area contributed by atoms with Crippen LogP contribution in [-0.4, -0.2) is 21.3 Å². The lowest BCUT2D eigenvalue weighted by molar-refractivity contribution is -0.152. The molecule has 0 fully saturated rings. The molecule has 1 rings (SSSR count). The first-order chi connectivity index (χ1) is 6.42. The van der Waals surface area contributed by atoms with Crippen molar-refractivity contribution in [2.24, 2.45) is 0 Å². The Morgan fingerprint density at radius 2 is 2.21 bits per heavy atom. The van der Waals surface area contributed by atoms with Crippen LogP contribution in [-0.2, 0) is 4.79 Å². The smallest absolute Gasteiger partial charge is 0.394 e. The van der Waals surface area contributed by atoms with Crippen molar-refractivity contribution in [2.45, 2.75) is 10.3 Å². The lowest BCUT2D eigenvalue weighted by Gasteiger charge is -2.08. The van der Waals surface area contributed by atoms with Crippen molar-refractivity contribution in [2.75, 3.05) is 0 Å². The fourth-order valence-electron chi connectivity index (χ4n) is 0.598. The average Bonchev–Trinajstić information content (AvgIpc) is 2.08. The maximum atomic E-state index is 12.6. The fourth-order valence-corrected chi connectivity index (χ4v) is 1.42. The van der Waals surface area contributed by atoms with Gasteiger partial charge in [0.05, 0.1) is 0 Å². The molecule has 1 aromatic rings. The molecule has 1 heterocycles. The number of hydrogen-bond acceptors (Lipinski definition) is 3. The van der Waals surface area contributed by atoms with E-state index in [4.69, 9.17) is 5.11 Å². The number of halogens is 3. The second-order valence-electron chi connectivity index (χ2n) is 2.24. The summed E-state index contributed by atoms with van der Waals surface area (Å²) >= 11 is 2.98. The van der Waals surface area contributed by atoms with Crippen molar-refractivity contribution in [3.63, 3.8) is 0 Å². The molecule has 0 aliphatic carbocycles. The van der Waals surface area contributed by atoms with Crippen LogP contribution in [0.3, 0.4) is 0 Å². The Hall–Kier alpha value is -0.690. The van der Waals surface area contributed by atoms with E-state index >= 15 is 0 Å². The number of nitrogens with zero attached hydrogens (tertiary/aromatic N) is 1. The maximum absolute atomic E-state index is 12.6. The zero-order valence-electron chi connectivity index (χ0n) is 6.58. The summed E-state index contributed by atoms with van der Waals surface area (Å²) in [6.45, 7) is 0. The monoisotopic (exact) mass is 283 g/mol. The van der Waals surface area contributed by atoms with Crippen molar-refractivity contribution in [1.29, 1.82) is 0 Å². The Kier molecular flexibility index (Phi) is 3.43. The third kappa shape index (κ3) is 2.91. The first-order valence-electron chi connectivity index (χ1n) is 3.33. The number of alkyl halides is 2. The molecule has 0 saturated heterocycles. The standard InChI is InChI=1S/C7H4BrF2NO2S/c8-4-1-2-5(11-3-4)14-7(9,10)6(12)13/h1-3H,(H,12,13). The molecule has 3 nitrogen and oxygen atoms in total. The third-order valence-corrected chi connectivity index (χ3v) is 2.53. The second kappa shape index (κ2) is 4.22. The minimum absolute atomic E-state index is 0.0411. The van der Waals surface area contributed by atoms with Gasteiger partial charge in [0.15, 0.2) is 0 Å². The summed E-state index contributed by atoms with van der Waals surface area (Å²) in [6, 6.07) is 2.82. The topological polar surface area (TPSA) is 50.2 Å². The van der Waals surface area contributed by atoms with Crippen LogP contribution < -0.4 is 0 Å². The molecule has 0 spiro atoms. The van der Waals surface area contributed by atoms with Crippen LogP contribution >= 0.6 is 27.7 Å². The summed E-state index contributed by atoms with van der Waals surface area (Å²) in [6.07, 6.45) is 1.32. The SMILES string of the molecule is O=C(O)C(F)(F)Sc1ccc(Br)cn1. The lowest BCUT2D eigenvalue weighted by Crippen LogP contribution is -2.23. The zero-order chi connectivity index (χ0) is 10.8. The molecule has 0 unspecified atom stereocenters. The maximum Gasteiger partial charge on any atom is 0.394 e. The number of carbonyl (C=O) groups is 1. The summed E-state index contributed by atoms with van der Waals surface area (Å²) < 4.78 is 25.9. The number of aromatic nitrogens is 1. The quantitative estimate of drug-likeness (QED) is 0.867. The van der Waals surface area contributed by atoms with Crippen LogP contribution in [0, 0.1) is 0 Å². The van der Waals surface area contributed by atoms with E-state index in [-0.39, 0.29) is 16.8 Å². The molecule has 7 heteroatoms. The van der Waals surface area contributed by atoms with E-state index in [9.17, 15) is 13.6 Å². The predicted octanol–water partition coefficient (Wildman–Crippen LogP) is 2.61. The molecule has 0 aromatic carbocycles. The Labute approximate surface area is 90.7 Å². The number of aliphatic carboxylic acids is 1. The molecule has 14 heavy (non-hydrogen) atoms. The Bertz CT molecular complexity index is 344. The van der Waals surface area contributed by atoms with Crippen LogP contribution in [0.5, 0.6) is 0 Å². The number of carboxylic acid groups (broad SMARTS) is 1. The molecule has 1 aromatic heterocycles. The molecular formula is C7H4BrF2NO2S. The third-order valence-electron chi connectivity index (χ3n) is 1.18. The van der Waals surface area contributed by atoms with E-state index in [2.05, 4.69) is 20.9 Å². The highest BCUT2D eigenvalue weighted by atomic mass is 79.9. The Balaban J connectivity index is 2.79. The molecule has 76 valence electrons. The molecule has 0 amide bonds. The van der Waals surface area contributed by atoms with Gasteiger partial charge in [0, 0.05) is 10.7 Å². The first-order valence-corrected chi connectivity index (χ1v) is 4.94. The van der Waals surface area contributed by atoms with E-state index in [0.717, 1.165) is 0 Å². The van der Waals surface area contributed by atoms with Gasteiger partial charge in [0.25, 0.3) is 0 Å². The highest BCUT2D eigenvalue weighted by molar-refractivity contribution is 9.10. The Morgan fingerprint density at radius 3 is 2.64 bits per heavy atom. The lowest BCUT2D eigenvalue weighted by atomic mass is 10.5. The minimum Gasteiger partial charge on any atom is -0.476 e. The number of pyridine rings is 1. The molecule has 0 aliphatic heterocycles. The van der Waals surface area contributed by atoms with Crippen molar-refractivity contribution < 1.29 is 18.7 Å². The van der Waals surface area contributed by atoms with Crippen molar-refractivity contribution >= 4 is 33.7 Å². The van der Waals surface area contributed by atoms with E-state index < -0.39 is 11.2 Å². The zero-order valence-corrected chi connectivity index (χ0v) is 8.98. The largest absolute Gasteiger partial charge is 0.476 e. The van der Waals surface area contributed by atoms with Crippen molar-refractivity contribution in [3.05, 3.63) is 22.8 Å². The van der Waals surface area contributed by atoms with Gasteiger partial charge >= 0.3 is 11.2 Å². The molecule has 0 radical (unpaired) electrons. The molecular weight excluding hydrogens is 280 g/mol. The van der Waals surface area contributed by atoms with E-state index in [1.54, 1.807) is 0 Å². The normalized spacial score (nSPS) is 11.4. The van der Waals surface area contributed by atoms with E-state index in [1.165, 1.54) is 18.3 Å². The van der Waals surface area contributed by atoms with Crippen LogP contribution in [0.15, 0.2) is 27.8 Å². The average molecular weight is 284 g/mol. The van der Waals surface area contributed by atoms with Gasteiger partial charge in [-0.25, -0.2) is 9.78 Å². The van der Waals surface area contributed by atoms with Gasteiger partial charge in [-0.05, 0) is 39.8 Å². The molecule has 1 N–H and O–H groups in total. The molecule has 0 saturated carbocycles. The van der Waals surface area contributed by atoms with Crippen LogP contribution in [0.1, 0.15) is 0 Å². The number of hydrogen-bond donors (Lipinski definition) is 1. The highest BCUT2D eigenvalue weighted by Gasteiger charge is 2.40. The summed E-state index contributed by atoms with van der Waals surface area (Å²) in [5.41, 5.74) is 0. The molecule has 0 atom stereocenters. The minimum atomic E-state index is -3.85. The molecule has 0 aliphatic rings. The van der Waals surface area contributed by atoms with Gasteiger partial charge in [-0.15, -0.1) is 0 Å². The van der Waals surface area contributed by atoms with Gasteiger partial charge in [-0.1, -0.05) is 0 Å². The van der Waals surface area contributed by atoms with E-state index in [1.807, 2.05) is 0 Å². The number of thioether (sulfide) groups is 1. The number of carboxylic acids is 1. The summed E-state index contributed by atoms with van der Waals surface area (Å²) in [7, 11) is 0. The summed E-state index contributed by atoms with van der Waals surface area (Å²) in [5, 5.41) is 4.26. The van der Waals surface area contributed by atoms with Gasteiger partial charge in [-0.2, -0.15) is 8.78 Å². The van der Waals surface area contributed by atoms with Crippen molar-refractivity contribution in [1.82, 2.24) is 4.98 Å². The van der Waals surface area contributed by atoms with Gasteiger partial charge in [-0.3, -0.25) is 0 Å². The van der Waals surface area contributed by atoms with Crippen LogP contribution in [0.25, 0.3) is 0 Å². The first kappa shape index (κ1) is 11.4. The predicted molar refractivity (Wildman–Crippen MR) is 50.4 cm³/mol. The van der Waals surface area contributed by atoms with Crippen LogP contribution in [0.4, 0.5) is 8.78 Å². The Morgan fingerprint density at radius 1 is 1.57 bits per heavy atom. The van der Waals surface area contributed by atoms with Crippen molar-refractivity contribution in [3.8, 4) is 0 Å². The van der Waals surface area contributed by atoms with Gasteiger partial charge in [0.2, 0.25) is 0 Å². The summed E-state index contributed by atoms with van der Waals surface area (Å²) in [4.78, 5) is 13.7. The second-order valence-corrected chi connectivity index (χ2v) is 4.29. The fraction of sp³-hybridized carbons (Fsp3) is 0.143. The van der Waals surface area contributed by atoms with E-state index in [0.29, 0.717) is 4.47 Å².